The van der Waals surface area contributed by atoms with Crippen molar-refractivity contribution in [1.82, 2.24) is 4.98 Å². The van der Waals surface area contributed by atoms with E-state index in [0.29, 0.717) is 25.9 Å². The second-order valence-electron chi connectivity index (χ2n) is 8.41. The number of benzene rings is 1. The molecule has 31 heavy (non-hydrogen) atoms. The normalized spacial score (nSPS) is 20.1. The Balaban J connectivity index is 1.48. The van der Waals surface area contributed by atoms with Gasteiger partial charge in [0.25, 0.3) is 5.56 Å². The van der Waals surface area contributed by atoms with Crippen LogP contribution in [0.4, 0.5) is 11.5 Å². The Morgan fingerprint density at radius 1 is 1.19 bits per heavy atom. The van der Waals surface area contributed by atoms with E-state index in [9.17, 15) is 4.79 Å². The van der Waals surface area contributed by atoms with Gasteiger partial charge in [-0.05, 0) is 43.9 Å². The molecular formula is C24H33N3O4. The number of anilines is 2. The van der Waals surface area contributed by atoms with Gasteiger partial charge in [0.05, 0.1) is 19.8 Å². The number of rotatable bonds is 8. The topological polar surface area (TPSA) is 67.0 Å². The number of nitrogens with one attached hydrogen (secondary N) is 1. The molecule has 0 unspecified atom stereocenters. The van der Waals surface area contributed by atoms with Crippen molar-refractivity contribution in [3.05, 3.63) is 52.3 Å². The highest BCUT2D eigenvalue weighted by atomic mass is 16.5. The molecule has 0 saturated carbocycles. The molecule has 2 aromatic rings. The summed E-state index contributed by atoms with van der Waals surface area (Å²) in [5.41, 5.74) is 2.17. The van der Waals surface area contributed by atoms with Crippen molar-refractivity contribution in [2.45, 2.75) is 38.3 Å². The van der Waals surface area contributed by atoms with Gasteiger partial charge < -0.3 is 29.0 Å². The summed E-state index contributed by atoms with van der Waals surface area (Å²) in [5.74, 6) is 1.78. The molecule has 0 aliphatic carbocycles. The first-order chi connectivity index (χ1) is 15.1. The van der Waals surface area contributed by atoms with Crippen LogP contribution in [0.3, 0.4) is 0 Å². The molecule has 0 radical (unpaired) electrons. The van der Waals surface area contributed by atoms with E-state index in [1.165, 1.54) is 5.56 Å². The molecule has 2 saturated heterocycles. The first-order valence-electron chi connectivity index (χ1n) is 11.2. The summed E-state index contributed by atoms with van der Waals surface area (Å²) in [6, 6.07) is 12.5. The molecule has 2 aliphatic rings. The van der Waals surface area contributed by atoms with Crippen LogP contribution in [-0.4, -0.2) is 63.7 Å². The van der Waals surface area contributed by atoms with Crippen molar-refractivity contribution >= 4 is 11.5 Å². The maximum atomic E-state index is 12.4. The van der Waals surface area contributed by atoms with E-state index in [4.69, 9.17) is 14.2 Å². The Labute approximate surface area is 183 Å². The van der Waals surface area contributed by atoms with Gasteiger partial charge in [-0.15, -0.1) is 0 Å². The van der Waals surface area contributed by atoms with E-state index in [1.807, 2.05) is 19.1 Å². The van der Waals surface area contributed by atoms with E-state index >= 15 is 0 Å². The molecule has 1 aromatic heterocycles. The summed E-state index contributed by atoms with van der Waals surface area (Å²) in [4.78, 5) is 20.1. The largest absolute Gasteiger partial charge is 0.488 e. The summed E-state index contributed by atoms with van der Waals surface area (Å²) < 4.78 is 16.6. The van der Waals surface area contributed by atoms with E-state index in [1.54, 1.807) is 13.2 Å². The monoisotopic (exact) mass is 427 g/mol. The highest BCUT2D eigenvalue weighted by Crippen LogP contribution is 2.29. The molecular weight excluding hydrogens is 394 g/mol. The first-order valence-corrected chi connectivity index (χ1v) is 11.2. The average Bonchev–Trinajstić information content (AvgIpc) is 3.22. The molecule has 2 aliphatic heterocycles. The molecule has 1 N–H and O–H groups in total. The number of morpholine rings is 1. The Morgan fingerprint density at radius 2 is 2.03 bits per heavy atom. The predicted octanol–water partition coefficient (Wildman–Crippen LogP) is 2.84. The van der Waals surface area contributed by atoms with Crippen LogP contribution >= 0.6 is 0 Å². The zero-order valence-corrected chi connectivity index (χ0v) is 18.5. The molecule has 0 bridgehead atoms. The average molecular weight is 428 g/mol. The van der Waals surface area contributed by atoms with Gasteiger partial charge in [-0.25, -0.2) is 0 Å². The van der Waals surface area contributed by atoms with Crippen molar-refractivity contribution < 1.29 is 14.2 Å². The minimum absolute atomic E-state index is 0.0104. The fraction of sp³-hybridized carbons (Fsp3) is 0.542. The van der Waals surface area contributed by atoms with Gasteiger partial charge in [-0.1, -0.05) is 12.1 Å². The van der Waals surface area contributed by atoms with Crippen LogP contribution < -0.4 is 20.1 Å². The van der Waals surface area contributed by atoms with Crippen molar-refractivity contribution in [3.63, 3.8) is 0 Å². The lowest BCUT2D eigenvalue weighted by Gasteiger charge is -2.31. The lowest BCUT2D eigenvalue weighted by Crippen LogP contribution is -2.37. The molecule has 1 aromatic carbocycles. The van der Waals surface area contributed by atoms with E-state index in [2.05, 4.69) is 33.0 Å². The van der Waals surface area contributed by atoms with Crippen molar-refractivity contribution in [2.75, 3.05) is 56.4 Å². The smallest absolute Gasteiger partial charge is 0.251 e. The van der Waals surface area contributed by atoms with Crippen LogP contribution in [0.2, 0.25) is 0 Å². The molecule has 0 amide bonds. The SMILES string of the molecule is COC[C@@H](C)Oc1cccc(C[C@H]2CCCN2c2cc(N3CCOCC3)cc(=O)[nH]2)c1. The third-order valence-corrected chi connectivity index (χ3v) is 5.99. The standard InChI is InChI=1S/C24H33N3O4/c1-18(17-29-2)31-22-7-3-5-19(14-22)13-20-6-4-8-27(20)23-15-21(16-24(28)25-23)26-9-11-30-12-10-26/h3,5,7,14-16,18,20H,4,6,8-13,17H2,1-2H3,(H,25,28)/t18-,20-/m1/s1. The summed E-state index contributed by atoms with van der Waals surface area (Å²) in [6.45, 7) is 6.57. The third kappa shape index (κ3) is 5.60. The Bertz CT molecular complexity index is 910. The van der Waals surface area contributed by atoms with Crippen LogP contribution in [0.25, 0.3) is 0 Å². The maximum Gasteiger partial charge on any atom is 0.251 e. The van der Waals surface area contributed by atoms with Gasteiger partial charge in [0.1, 0.15) is 17.7 Å². The number of methoxy groups -OCH3 is 1. The van der Waals surface area contributed by atoms with Crippen molar-refractivity contribution in [2.24, 2.45) is 0 Å². The molecule has 4 rings (SSSR count). The number of ether oxygens (including phenoxy) is 3. The Hall–Kier alpha value is -2.51. The molecule has 3 heterocycles. The van der Waals surface area contributed by atoms with Crippen LogP contribution in [0.1, 0.15) is 25.3 Å². The van der Waals surface area contributed by atoms with Gasteiger partial charge in [0.2, 0.25) is 0 Å². The maximum absolute atomic E-state index is 12.4. The molecule has 7 nitrogen and oxygen atoms in total. The number of H-pyrrole nitrogens is 1. The van der Waals surface area contributed by atoms with Crippen molar-refractivity contribution in [3.8, 4) is 5.75 Å². The highest BCUT2D eigenvalue weighted by Gasteiger charge is 2.26. The zero-order chi connectivity index (χ0) is 21.6. The number of pyridine rings is 1. The summed E-state index contributed by atoms with van der Waals surface area (Å²) in [7, 11) is 1.68. The third-order valence-electron chi connectivity index (χ3n) is 5.99. The summed E-state index contributed by atoms with van der Waals surface area (Å²) >= 11 is 0. The fourth-order valence-electron chi connectivity index (χ4n) is 4.56. The van der Waals surface area contributed by atoms with Crippen molar-refractivity contribution in [1.29, 1.82) is 0 Å². The minimum Gasteiger partial charge on any atom is -0.488 e. The van der Waals surface area contributed by atoms with Gasteiger partial charge in [-0.3, -0.25) is 4.79 Å². The molecule has 7 heteroatoms. The lowest BCUT2D eigenvalue weighted by atomic mass is 10.0. The number of nitrogens with zero attached hydrogens (tertiary/aromatic N) is 2. The van der Waals surface area contributed by atoms with Crippen LogP contribution in [0, 0.1) is 0 Å². The first kappa shape index (κ1) is 21.7. The van der Waals surface area contributed by atoms with Gasteiger partial charge in [0.15, 0.2) is 0 Å². The second kappa shape index (κ2) is 10.2. The molecule has 0 spiro atoms. The van der Waals surface area contributed by atoms with Gasteiger partial charge in [0, 0.05) is 50.6 Å². The molecule has 2 atom stereocenters. The van der Waals surface area contributed by atoms with Gasteiger partial charge in [-0.2, -0.15) is 0 Å². The van der Waals surface area contributed by atoms with Crippen LogP contribution in [0.15, 0.2) is 41.2 Å². The van der Waals surface area contributed by atoms with Gasteiger partial charge >= 0.3 is 0 Å². The van der Waals surface area contributed by atoms with E-state index in [-0.39, 0.29) is 11.7 Å². The summed E-state index contributed by atoms with van der Waals surface area (Å²) in [5, 5.41) is 0. The van der Waals surface area contributed by atoms with E-state index < -0.39 is 0 Å². The molecule has 168 valence electrons. The quantitative estimate of drug-likeness (QED) is 0.699. The number of aromatic amines is 1. The number of hydrogen-bond donors (Lipinski definition) is 1. The second-order valence-corrected chi connectivity index (χ2v) is 8.41. The zero-order valence-electron chi connectivity index (χ0n) is 18.5. The fourth-order valence-corrected chi connectivity index (χ4v) is 4.56. The highest BCUT2D eigenvalue weighted by molar-refractivity contribution is 5.56. The van der Waals surface area contributed by atoms with E-state index in [0.717, 1.165) is 56.2 Å². The Kier molecular flexibility index (Phi) is 7.14. The summed E-state index contributed by atoms with van der Waals surface area (Å²) in [6.07, 6.45) is 3.15. The van der Waals surface area contributed by atoms with Crippen LogP contribution in [0.5, 0.6) is 5.75 Å². The predicted molar refractivity (Wildman–Crippen MR) is 123 cm³/mol. The number of aromatic nitrogens is 1. The lowest BCUT2D eigenvalue weighted by molar-refractivity contribution is 0.0920. The minimum atomic E-state index is -0.0489. The van der Waals surface area contributed by atoms with Crippen LogP contribution in [-0.2, 0) is 15.9 Å². The molecule has 2 fully saturated rings. The Morgan fingerprint density at radius 3 is 2.84 bits per heavy atom. The number of hydrogen-bond acceptors (Lipinski definition) is 6.